The number of hydrogen-bond donors (Lipinski definition) is 2. The number of allylic oxidation sites excluding steroid dienone is 1. The van der Waals surface area contributed by atoms with E-state index in [1.807, 2.05) is 30.3 Å². The Morgan fingerprint density at radius 1 is 1.15 bits per heavy atom. The van der Waals surface area contributed by atoms with E-state index < -0.39 is 12.0 Å². The maximum absolute atomic E-state index is 12.8. The number of nitrogens with one attached hydrogen (secondary N) is 2. The lowest BCUT2D eigenvalue weighted by atomic mass is 9.95. The van der Waals surface area contributed by atoms with Gasteiger partial charge in [0.2, 0.25) is 0 Å². The molecule has 2 N–H and O–H groups in total. The smallest absolute Gasteiger partial charge is 0.338 e. The van der Waals surface area contributed by atoms with E-state index in [1.54, 1.807) is 25.1 Å². The highest BCUT2D eigenvalue weighted by Crippen LogP contribution is 2.35. The summed E-state index contributed by atoms with van der Waals surface area (Å²) in [6.45, 7) is 1.95. The Balaban J connectivity index is 1.90. The second-order valence-corrected chi connectivity index (χ2v) is 6.97. The first kappa shape index (κ1) is 18.7. The van der Waals surface area contributed by atoms with Crippen molar-refractivity contribution in [1.82, 2.24) is 10.6 Å². The first-order chi connectivity index (χ1) is 12.5. The molecular weight excluding hydrogens is 391 g/mol. The largest absolute Gasteiger partial charge is 0.457 e. The van der Waals surface area contributed by atoms with Crippen molar-refractivity contribution < 1.29 is 9.53 Å². The van der Waals surface area contributed by atoms with Gasteiger partial charge in [0.1, 0.15) is 6.61 Å². The molecule has 0 saturated heterocycles. The summed E-state index contributed by atoms with van der Waals surface area (Å²) in [6, 6.07) is 14.2. The van der Waals surface area contributed by atoms with Crippen LogP contribution in [0.1, 0.15) is 24.1 Å². The van der Waals surface area contributed by atoms with Crippen molar-refractivity contribution in [3.63, 3.8) is 0 Å². The Morgan fingerprint density at radius 3 is 2.62 bits per heavy atom. The standard InChI is InChI=1S/C19H16Cl2N2O2S/c1-11-15(18(24)25-10-12-6-3-2-4-7-12)17(23-19(26)22-11)13-8-5-9-14(20)16(13)21/h2-9,17H,10H2,1H3,(H2,22,23,26)/t17-/m1/s1. The van der Waals surface area contributed by atoms with Crippen molar-refractivity contribution in [3.8, 4) is 0 Å². The topological polar surface area (TPSA) is 50.4 Å². The molecule has 0 aromatic heterocycles. The van der Waals surface area contributed by atoms with Gasteiger partial charge in [-0.05, 0) is 36.3 Å². The molecule has 2 aromatic carbocycles. The molecule has 1 aliphatic heterocycles. The third-order valence-corrected chi connectivity index (χ3v) is 5.05. The molecule has 0 unspecified atom stereocenters. The SMILES string of the molecule is CC1=C(C(=O)OCc2ccccc2)[C@@H](c2cccc(Cl)c2Cl)NC(=S)N1. The van der Waals surface area contributed by atoms with Gasteiger partial charge >= 0.3 is 5.97 Å². The molecule has 0 saturated carbocycles. The third kappa shape index (κ3) is 4.01. The highest BCUT2D eigenvalue weighted by molar-refractivity contribution is 7.80. The number of carbonyl (C=O) groups is 1. The van der Waals surface area contributed by atoms with Crippen molar-refractivity contribution in [2.24, 2.45) is 0 Å². The molecule has 7 heteroatoms. The van der Waals surface area contributed by atoms with E-state index >= 15 is 0 Å². The van der Waals surface area contributed by atoms with Crippen LogP contribution in [0.3, 0.4) is 0 Å². The maximum Gasteiger partial charge on any atom is 0.338 e. The van der Waals surface area contributed by atoms with Gasteiger partial charge in [0, 0.05) is 5.70 Å². The number of hydrogen-bond acceptors (Lipinski definition) is 3. The minimum Gasteiger partial charge on any atom is -0.457 e. The number of carbonyl (C=O) groups excluding carboxylic acids is 1. The predicted octanol–water partition coefficient (Wildman–Crippen LogP) is 4.53. The van der Waals surface area contributed by atoms with Crippen LogP contribution in [0.5, 0.6) is 0 Å². The van der Waals surface area contributed by atoms with Gasteiger partial charge in [-0.1, -0.05) is 65.7 Å². The fraction of sp³-hybridized carbons (Fsp3) is 0.158. The Labute approximate surface area is 167 Å². The highest BCUT2D eigenvalue weighted by Gasteiger charge is 2.32. The van der Waals surface area contributed by atoms with E-state index in [0.29, 0.717) is 32.0 Å². The van der Waals surface area contributed by atoms with E-state index in [-0.39, 0.29) is 6.61 Å². The lowest BCUT2D eigenvalue weighted by Crippen LogP contribution is -2.45. The average Bonchev–Trinajstić information content (AvgIpc) is 2.62. The van der Waals surface area contributed by atoms with Gasteiger partial charge < -0.3 is 15.4 Å². The highest BCUT2D eigenvalue weighted by atomic mass is 35.5. The van der Waals surface area contributed by atoms with Crippen LogP contribution in [0.15, 0.2) is 59.8 Å². The monoisotopic (exact) mass is 406 g/mol. The Hall–Kier alpha value is -2.08. The molecule has 0 aliphatic carbocycles. The summed E-state index contributed by atoms with van der Waals surface area (Å²) in [5, 5.41) is 7.23. The van der Waals surface area contributed by atoms with Crippen LogP contribution in [-0.4, -0.2) is 11.1 Å². The van der Waals surface area contributed by atoms with Crippen LogP contribution < -0.4 is 10.6 Å². The van der Waals surface area contributed by atoms with Crippen molar-refractivity contribution >= 4 is 46.5 Å². The molecule has 0 radical (unpaired) electrons. The summed E-state index contributed by atoms with van der Waals surface area (Å²) >= 11 is 17.7. The molecule has 0 fully saturated rings. The van der Waals surface area contributed by atoms with Crippen LogP contribution in [0, 0.1) is 0 Å². The van der Waals surface area contributed by atoms with Crippen LogP contribution in [0.2, 0.25) is 10.0 Å². The lowest BCUT2D eigenvalue weighted by Gasteiger charge is -2.30. The Bertz CT molecular complexity index is 884. The molecule has 134 valence electrons. The van der Waals surface area contributed by atoms with Crippen molar-refractivity contribution in [3.05, 3.63) is 81.0 Å². The molecule has 1 atom stereocenters. The Kier molecular flexibility index (Phi) is 5.81. The van der Waals surface area contributed by atoms with E-state index in [4.69, 9.17) is 40.2 Å². The van der Waals surface area contributed by atoms with Gasteiger partial charge in [0.05, 0.1) is 21.7 Å². The normalized spacial score (nSPS) is 16.7. The van der Waals surface area contributed by atoms with Crippen LogP contribution in [0.25, 0.3) is 0 Å². The van der Waals surface area contributed by atoms with Gasteiger partial charge in [-0.2, -0.15) is 0 Å². The van der Waals surface area contributed by atoms with Crippen molar-refractivity contribution in [2.75, 3.05) is 0 Å². The molecule has 1 heterocycles. The zero-order valence-corrected chi connectivity index (χ0v) is 16.2. The maximum atomic E-state index is 12.8. The molecule has 2 aromatic rings. The average molecular weight is 407 g/mol. The summed E-state index contributed by atoms with van der Waals surface area (Å²) in [5.74, 6) is -0.449. The summed E-state index contributed by atoms with van der Waals surface area (Å²) in [5.41, 5.74) is 2.60. The number of ether oxygens (including phenoxy) is 1. The van der Waals surface area contributed by atoms with Crippen molar-refractivity contribution in [2.45, 2.75) is 19.6 Å². The number of benzene rings is 2. The number of thiocarbonyl (C=S) groups is 1. The van der Waals surface area contributed by atoms with Crippen LogP contribution >= 0.6 is 35.4 Å². The molecule has 0 amide bonds. The zero-order chi connectivity index (χ0) is 18.7. The molecule has 3 rings (SSSR count). The lowest BCUT2D eigenvalue weighted by molar-refractivity contribution is -0.140. The van der Waals surface area contributed by atoms with Gasteiger partial charge in [-0.3, -0.25) is 0 Å². The van der Waals surface area contributed by atoms with E-state index in [0.717, 1.165) is 5.56 Å². The first-order valence-electron chi connectivity index (χ1n) is 7.90. The zero-order valence-electron chi connectivity index (χ0n) is 13.9. The first-order valence-corrected chi connectivity index (χ1v) is 9.07. The van der Waals surface area contributed by atoms with E-state index in [1.165, 1.54) is 0 Å². The van der Waals surface area contributed by atoms with Gasteiger partial charge in [0.15, 0.2) is 5.11 Å². The quantitative estimate of drug-likeness (QED) is 0.576. The van der Waals surface area contributed by atoms with E-state index in [2.05, 4.69) is 10.6 Å². The number of rotatable bonds is 4. The molecule has 0 bridgehead atoms. The second kappa shape index (κ2) is 8.08. The van der Waals surface area contributed by atoms with E-state index in [9.17, 15) is 4.79 Å². The summed E-state index contributed by atoms with van der Waals surface area (Å²) in [6.07, 6.45) is 0. The minimum atomic E-state index is -0.543. The molecule has 4 nitrogen and oxygen atoms in total. The summed E-state index contributed by atoms with van der Waals surface area (Å²) in [4.78, 5) is 12.8. The van der Waals surface area contributed by atoms with Gasteiger partial charge in [-0.25, -0.2) is 4.79 Å². The van der Waals surface area contributed by atoms with Gasteiger partial charge in [-0.15, -0.1) is 0 Å². The molecule has 26 heavy (non-hydrogen) atoms. The molecular formula is C19H16Cl2N2O2S. The van der Waals surface area contributed by atoms with Crippen LogP contribution in [0.4, 0.5) is 0 Å². The second-order valence-electron chi connectivity index (χ2n) is 5.77. The summed E-state index contributed by atoms with van der Waals surface area (Å²) < 4.78 is 5.50. The van der Waals surface area contributed by atoms with Crippen molar-refractivity contribution in [1.29, 1.82) is 0 Å². The number of esters is 1. The number of halogens is 2. The fourth-order valence-corrected chi connectivity index (χ4v) is 3.43. The van der Waals surface area contributed by atoms with Gasteiger partial charge in [0.25, 0.3) is 0 Å². The Morgan fingerprint density at radius 2 is 1.88 bits per heavy atom. The predicted molar refractivity (Wildman–Crippen MR) is 107 cm³/mol. The molecule has 1 aliphatic rings. The fourth-order valence-electron chi connectivity index (χ4n) is 2.74. The third-order valence-electron chi connectivity index (χ3n) is 3.99. The molecule has 0 spiro atoms. The minimum absolute atomic E-state index is 0.177. The van der Waals surface area contributed by atoms with Crippen LogP contribution in [-0.2, 0) is 16.1 Å². The summed E-state index contributed by atoms with van der Waals surface area (Å²) in [7, 11) is 0.